The highest BCUT2D eigenvalue weighted by molar-refractivity contribution is 7.22. The summed E-state index contributed by atoms with van der Waals surface area (Å²) >= 11 is 1.48. The van der Waals surface area contributed by atoms with Crippen molar-refractivity contribution in [2.45, 2.75) is 52.9 Å². The molecule has 37 heavy (non-hydrogen) atoms. The lowest BCUT2D eigenvalue weighted by Crippen LogP contribution is -2.20. The largest absolute Gasteiger partial charge is 0.421 e. The molecule has 0 saturated carbocycles. The van der Waals surface area contributed by atoms with Gasteiger partial charge in [-0.2, -0.15) is 0 Å². The lowest BCUT2D eigenvalue weighted by atomic mass is 9.89. The summed E-state index contributed by atoms with van der Waals surface area (Å²) in [7, 11) is 0. The zero-order valence-electron chi connectivity index (χ0n) is 21.4. The number of carbonyl (C=O) groups is 1. The fourth-order valence-electron chi connectivity index (χ4n) is 5.03. The zero-order valence-corrected chi connectivity index (χ0v) is 22.2. The minimum absolute atomic E-state index is 0.278. The maximum atomic E-state index is 13.1. The molecule has 1 aliphatic heterocycles. The van der Waals surface area contributed by atoms with Gasteiger partial charge >= 0.3 is 0 Å². The summed E-state index contributed by atoms with van der Waals surface area (Å²) in [6, 6.07) is 3.93. The molecular formula is C27H32N6O3S. The van der Waals surface area contributed by atoms with Gasteiger partial charge in [-0.15, -0.1) is 21.5 Å². The molecule has 1 saturated heterocycles. The Hall–Kier alpha value is -3.37. The van der Waals surface area contributed by atoms with E-state index < -0.39 is 5.91 Å². The molecule has 5 heterocycles. The number of pyridine rings is 2. The third kappa shape index (κ3) is 5.21. The molecule has 5 rings (SSSR count). The van der Waals surface area contributed by atoms with Crippen molar-refractivity contribution < 1.29 is 13.9 Å². The van der Waals surface area contributed by atoms with E-state index in [2.05, 4.69) is 29.0 Å². The standard InChI is InChI=1S/C27H32N6O3S/c1-14(2)12-19-21(26(29)34)23(20-13-17-6-9-30-25(28)24(17)37-20)22(27-33-32-15(3)36-27)18(31-19)5-4-16-7-10-35-11-8-16/h6,9,13-14,16H,4-5,7-8,10-12H2,1-3H3,(H2,28,30)(H2,29,34). The highest BCUT2D eigenvalue weighted by Gasteiger charge is 2.29. The van der Waals surface area contributed by atoms with E-state index in [1.165, 1.54) is 11.3 Å². The van der Waals surface area contributed by atoms with E-state index in [1.54, 1.807) is 13.1 Å². The molecule has 194 valence electrons. The van der Waals surface area contributed by atoms with Crippen molar-refractivity contribution in [2.24, 2.45) is 17.6 Å². The Balaban J connectivity index is 1.77. The second-order valence-corrected chi connectivity index (χ2v) is 11.1. The Morgan fingerprint density at radius 3 is 2.62 bits per heavy atom. The number of aryl methyl sites for hydroxylation is 2. The number of fused-ring (bicyclic) bond motifs is 1. The van der Waals surface area contributed by atoms with Crippen LogP contribution in [0.4, 0.5) is 5.82 Å². The molecule has 0 atom stereocenters. The maximum absolute atomic E-state index is 13.1. The second kappa shape index (κ2) is 10.5. The molecule has 10 heteroatoms. The number of hydrogen-bond donors (Lipinski definition) is 2. The Morgan fingerprint density at radius 1 is 1.19 bits per heavy atom. The number of nitrogens with zero attached hydrogens (tertiary/aromatic N) is 4. The molecule has 0 unspecified atom stereocenters. The number of carbonyl (C=O) groups excluding carboxylic acids is 1. The van der Waals surface area contributed by atoms with E-state index in [4.69, 9.17) is 25.6 Å². The summed E-state index contributed by atoms with van der Waals surface area (Å²) in [5.74, 6) is 1.52. The van der Waals surface area contributed by atoms with Crippen LogP contribution in [0, 0.1) is 18.8 Å². The molecule has 4 aromatic rings. The van der Waals surface area contributed by atoms with Crippen LogP contribution in [0.15, 0.2) is 22.7 Å². The van der Waals surface area contributed by atoms with E-state index >= 15 is 0 Å². The Kier molecular flexibility index (Phi) is 7.21. The molecule has 0 bridgehead atoms. The van der Waals surface area contributed by atoms with E-state index in [0.717, 1.165) is 53.1 Å². The number of rotatable bonds is 8. The number of aromatic nitrogens is 4. The van der Waals surface area contributed by atoms with Gasteiger partial charge in [0.2, 0.25) is 11.8 Å². The molecule has 1 fully saturated rings. The van der Waals surface area contributed by atoms with Crippen molar-refractivity contribution in [3.8, 4) is 21.9 Å². The molecule has 4 aromatic heterocycles. The lowest BCUT2D eigenvalue weighted by Gasteiger charge is -2.23. The SMILES string of the molecule is Cc1nnc(-c2c(CCC3CCOCC3)nc(CC(C)C)c(C(N)=O)c2-c2cc3ccnc(N)c3s2)o1. The first kappa shape index (κ1) is 25.3. The topological polar surface area (TPSA) is 143 Å². The van der Waals surface area contributed by atoms with Crippen molar-refractivity contribution in [1.82, 2.24) is 20.2 Å². The maximum Gasteiger partial charge on any atom is 0.251 e. The molecule has 1 aliphatic rings. The number of primary amides is 1. The minimum atomic E-state index is -0.532. The average Bonchev–Trinajstić information content (AvgIpc) is 3.49. The number of hydrogen-bond acceptors (Lipinski definition) is 9. The number of thiophene rings is 1. The minimum Gasteiger partial charge on any atom is -0.421 e. The molecule has 0 radical (unpaired) electrons. The summed E-state index contributed by atoms with van der Waals surface area (Å²) in [4.78, 5) is 23.2. The van der Waals surface area contributed by atoms with Crippen LogP contribution in [0.25, 0.3) is 32.0 Å². The molecule has 0 aromatic carbocycles. The highest BCUT2D eigenvalue weighted by Crippen LogP contribution is 2.44. The highest BCUT2D eigenvalue weighted by atomic mass is 32.1. The number of amides is 1. The Morgan fingerprint density at radius 2 is 1.97 bits per heavy atom. The molecular weight excluding hydrogens is 488 g/mol. The third-order valence-corrected chi connectivity index (χ3v) is 7.96. The number of nitrogens with two attached hydrogens (primary N) is 2. The van der Waals surface area contributed by atoms with Crippen molar-refractivity contribution in [3.63, 3.8) is 0 Å². The number of anilines is 1. The molecule has 9 nitrogen and oxygen atoms in total. The van der Waals surface area contributed by atoms with Gasteiger partial charge < -0.3 is 20.6 Å². The van der Waals surface area contributed by atoms with Crippen molar-refractivity contribution in [2.75, 3.05) is 18.9 Å². The summed E-state index contributed by atoms with van der Waals surface area (Å²) < 4.78 is 12.4. The predicted molar refractivity (Wildman–Crippen MR) is 144 cm³/mol. The van der Waals surface area contributed by atoms with Gasteiger partial charge in [0.05, 0.1) is 27.2 Å². The zero-order chi connectivity index (χ0) is 26.1. The van der Waals surface area contributed by atoms with Crippen LogP contribution < -0.4 is 11.5 Å². The summed E-state index contributed by atoms with van der Waals surface area (Å²) in [6.07, 6.45) is 6.03. The van der Waals surface area contributed by atoms with E-state index in [9.17, 15) is 4.79 Å². The number of nitrogen functional groups attached to an aromatic ring is 1. The summed E-state index contributed by atoms with van der Waals surface area (Å²) in [6.45, 7) is 7.54. The second-order valence-electron chi connectivity index (χ2n) is 10.0. The van der Waals surface area contributed by atoms with Crippen molar-refractivity contribution in [3.05, 3.63) is 41.2 Å². The van der Waals surface area contributed by atoms with Crippen LogP contribution >= 0.6 is 11.3 Å². The summed E-state index contributed by atoms with van der Waals surface area (Å²) in [5, 5.41) is 9.39. The molecule has 4 N–H and O–H groups in total. The van der Waals surface area contributed by atoms with Gasteiger partial charge in [-0.1, -0.05) is 13.8 Å². The smallest absolute Gasteiger partial charge is 0.251 e. The molecule has 1 amide bonds. The first-order valence-corrected chi connectivity index (χ1v) is 13.5. The fourth-order valence-corrected chi connectivity index (χ4v) is 6.14. The lowest BCUT2D eigenvalue weighted by molar-refractivity contribution is 0.0639. The van der Waals surface area contributed by atoms with Gasteiger partial charge in [-0.3, -0.25) is 9.78 Å². The van der Waals surface area contributed by atoms with Gasteiger partial charge in [0, 0.05) is 36.8 Å². The first-order chi connectivity index (χ1) is 17.8. The van der Waals surface area contributed by atoms with Crippen molar-refractivity contribution in [1.29, 1.82) is 0 Å². The fraction of sp³-hybridized carbons (Fsp3) is 0.444. The van der Waals surface area contributed by atoms with Crippen molar-refractivity contribution >= 4 is 33.1 Å². The van der Waals surface area contributed by atoms with Gasteiger partial charge in [0.1, 0.15) is 5.82 Å². The van der Waals surface area contributed by atoms with E-state index in [1.807, 2.05) is 12.1 Å². The predicted octanol–water partition coefficient (Wildman–Crippen LogP) is 4.96. The van der Waals surface area contributed by atoms with E-state index in [-0.39, 0.29) is 5.92 Å². The van der Waals surface area contributed by atoms with Crippen LogP contribution in [-0.2, 0) is 17.6 Å². The summed E-state index contributed by atoms with van der Waals surface area (Å²) in [5.41, 5.74) is 15.5. The van der Waals surface area contributed by atoms with Gasteiger partial charge in [-0.05, 0) is 61.5 Å². The Bertz CT molecular complexity index is 1440. The normalized spacial score (nSPS) is 14.6. The van der Waals surface area contributed by atoms with Crippen LogP contribution in [0.3, 0.4) is 0 Å². The monoisotopic (exact) mass is 520 g/mol. The number of ether oxygens (including phenoxy) is 1. The van der Waals surface area contributed by atoms with E-state index in [0.29, 0.717) is 58.7 Å². The van der Waals surface area contributed by atoms with Gasteiger partial charge in [0.15, 0.2) is 0 Å². The quantitative estimate of drug-likeness (QED) is 0.332. The first-order valence-electron chi connectivity index (χ1n) is 12.7. The molecule has 0 spiro atoms. The average molecular weight is 521 g/mol. The van der Waals surface area contributed by atoms with Gasteiger partial charge in [-0.25, -0.2) is 4.98 Å². The Labute approximate surface area is 219 Å². The van der Waals surface area contributed by atoms with Gasteiger partial charge in [0.25, 0.3) is 5.91 Å². The molecule has 0 aliphatic carbocycles. The van der Waals surface area contributed by atoms with Crippen LogP contribution in [0.5, 0.6) is 0 Å². The third-order valence-electron chi connectivity index (χ3n) is 6.77. The van der Waals surface area contributed by atoms with Crippen LogP contribution in [-0.4, -0.2) is 39.3 Å². The van der Waals surface area contributed by atoms with Crippen LogP contribution in [0.1, 0.15) is 60.7 Å². The van der Waals surface area contributed by atoms with Crippen LogP contribution in [0.2, 0.25) is 0 Å².